The monoisotopic (exact) mass is 359 g/mol. The third-order valence-corrected chi connectivity index (χ3v) is 4.52. The van der Waals surface area contributed by atoms with Crippen molar-refractivity contribution >= 4 is 29.1 Å². The summed E-state index contributed by atoms with van der Waals surface area (Å²) in [5.41, 5.74) is 2.56. The maximum Gasteiger partial charge on any atom is 0.242 e. The van der Waals surface area contributed by atoms with Crippen LogP contribution in [0.3, 0.4) is 0 Å². The van der Waals surface area contributed by atoms with Gasteiger partial charge in [0, 0.05) is 43.6 Å². The highest BCUT2D eigenvalue weighted by Crippen LogP contribution is 2.26. The van der Waals surface area contributed by atoms with E-state index in [9.17, 15) is 9.59 Å². The second-order valence-corrected chi connectivity index (χ2v) is 6.32. The highest BCUT2D eigenvalue weighted by atomic mass is 35.5. The van der Waals surface area contributed by atoms with Gasteiger partial charge in [-0.1, -0.05) is 17.7 Å². The number of rotatable bonds is 6. The summed E-state index contributed by atoms with van der Waals surface area (Å²) in [6.07, 6.45) is 4.20. The Labute approximate surface area is 153 Å². The Bertz CT molecular complexity index is 750. The first-order valence-electron chi connectivity index (χ1n) is 8.06. The quantitative estimate of drug-likeness (QED) is 0.796. The van der Waals surface area contributed by atoms with Gasteiger partial charge in [-0.3, -0.25) is 14.6 Å². The predicted molar refractivity (Wildman–Crippen MR) is 99.8 cm³/mol. The molecule has 0 unspecified atom stereocenters. The molecule has 25 heavy (non-hydrogen) atoms. The zero-order valence-electron chi connectivity index (χ0n) is 14.7. The molecule has 0 N–H and O–H groups in total. The topological polar surface area (TPSA) is 53.5 Å². The summed E-state index contributed by atoms with van der Waals surface area (Å²) in [4.78, 5) is 31.7. The number of amides is 2. The van der Waals surface area contributed by atoms with Gasteiger partial charge < -0.3 is 9.80 Å². The van der Waals surface area contributed by atoms with Gasteiger partial charge in [0.15, 0.2) is 0 Å². The molecule has 0 fully saturated rings. The van der Waals surface area contributed by atoms with Crippen LogP contribution in [0.5, 0.6) is 0 Å². The van der Waals surface area contributed by atoms with Crippen LogP contribution in [0.25, 0.3) is 0 Å². The van der Waals surface area contributed by atoms with Crippen LogP contribution in [0.2, 0.25) is 5.02 Å². The number of nitrogens with zero attached hydrogens (tertiary/aromatic N) is 3. The third-order valence-electron chi connectivity index (χ3n) is 4.11. The summed E-state index contributed by atoms with van der Waals surface area (Å²) in [7, 11) is 1.74. The molecule has 1 aromatic heterocycles. The first-order chi connectivity index (χ1) is 11.9. The normalized spacial score (nSPS) is 10.4. The molecule has 132 valence electrons. The zero-order valence-corrected chi connectivity index (χ0v) is 15.5. The molecule has 2 aromatic rings. The van der Waals surface area contributed by atoms with Gasteiger partial charge in [0.25, 0.3) is 0 Å². The van der Waals surface area contributed by atoms with Crippen molar-refractivity contribution in [1.29, 1.82) is 0 Å². The SMILES string of the molecule is CC(=O)N(CC(=O)N(C)CCc1ccncc1)c1cccc(Cl)c1C. The molecule has 0 bridgehead atoms. The number of hydrogen-bond acceptors (Lipinski definition) is 3. The van der Waals surface area contributed by atoms with Gasteiger partial charge in [-0.2, -0.15) is 0 Å². The second kappa shape index (κ2) is 8.62. The van der Waals surface area contributed by atoms with Crippen LogP contribution in [-0.2, 0) is 16.0 Å². The fraction of sp³-hybridized carbons (Fsp3) is 0.316. The Kier molecular flexibility index (Phi) is 6.53. The Hall–Kier alpha value is -2.40. The van der Waals surface area contributed by atoms with Crippen molar-refractivity contribution in [3.8, 4) is 0 Å². The fourth-order valence-corrected chi connectivity index (χ4v) is 2.65. The van der Waals surface area contributed by atoms with Crippen molar-refractivity contribution in [3.63, 3.8) is 0 Å². The van der Waals surface area contributed by atoms with Crippen LogP contribution in [0.4, 0.5) is 5.69 Å². The van der Waals surface area contributed by atoms with Crippen molar-refractivity contribution in [1.82, 2.24) is 9.88 Å². The highest BCUT2D eigenvalue weighted by Gasteiger charge is 2.20. The van der Waals surface area contributed by atoms with E-state index in [1.807, 2.05) is 19.1 Å². The van der Waals surface area contributed by atoms with E-state index in [2.05, 4.69) is 4.98 Å². The summed E-state index contributed by atoms with van der Waals surface area (Å²) < 4.78 is 0. The lowest BCUT2D eigenvalue weighted by Crippen LogP contribution is -2.41. The van der Waals surface area contributed by atoms with Gasteiger partial charge in [0.05, 0.1) is 0 Å². The summed E-state index contributed by atoms with van der Waals surface area (Å²) in [5, 5.41) is 0.572. The molecule has 5 nitrogen and oxygen atoms in total. The molecule has 6 heteroatoms. The van der Waals surface area contributed by atoms with Gasteiger partial charge in [-0.15, -0.1) is 0 Å². The molecule has 2 amide bonds. The highest BCUT2D eigenvalue weighted by molar-refractivity contribution is 6.31. The van der Waals surface area contributed by atoms with E-state index >= 15 is 0 Å². The number of halogens is 1. The lowest BCUT2D eigenvalue weighted by molar-refractivity contribution is -0.130. The van der Waals surface area contributed by atoms with Gasteiger partial charge in [-0.05, 0) is 48.7 Å². The molecular formula is C19H22ClN3O2. The standard InChI is InChI=1S/C19H22ClN3O2/c1-14-17(20)5-4-6-18(14)23(15(2)24)13-19(25)22(3)12-9-16-7-10-21-11-8-16/h4-8,10-11H,9,12-13H2,1-3H3. The third kappa shape index (κ3) is 5.03. The molecule has 1 aromatic carbocycles. The molecule has 0 aliphatic rings. The number of benzene rings is 1. The molecule has 0 aliphatic carbocycles. The predicted octanol–water partition coefficient (Wildman–Crippen LogP) is 3.10. The van der Waals surface area contributed by atoms with Crippen LogP contribution < -0.4 is 4.90 Å². The largest absolute Gasteiger partial charge is 0.344 e. The molecular weight excluding hydrogens is 338 g/mol. The number of likely N-dealkylation sites (N-methyl/N-ethyl adjacent to an activating group) is 1. The molecule has 0 aliphatic heterocycles. The van der Waals surface area contributed by atoms with Crippen molar-refractivity contribution < 1.29 is 9.59 Å². The average Bonchev–Trinajstić information content (AvgIpc) is 2.60. The molecule has 0 radical (unpaired) electrons. The van der Waals surface area contributed by atoms with Crippen LogP contribution >= 0.6 is 11.6 Å². The average molecular weight is 360 g/mol. The van der Waals surface area contributed by atoms with Gasteiger partial charge in [0.1, 0.15) is 6.54 Å². The maximum atomic E-state index is 12.5. The van der Waals surface area contributed by atoms with Crippen LogP contribution in [0.1, 0.15) is 18.1 Å². The molecule has 0 atom stereocenters. The Morgan fingerprint density at radius 2 is 1.84 bits per heavy atom. The van der Waals surface area contributed by atoms with Crippen molar-refractivity contribution in [2.75, 3.05) is 25.0 Å². The first-order valence-corrected chi connectivity index (χ1v) is 8.44. The van der Waals surface area contributed by atoms with Crippen molar-refractivity contribution in [2.24, 2.45) is 0 Å². The van der Waals surface area contributed by atoms with E-state index in [0.29, 0.717) is 17.3 Å². The zero-order chi connectivity index (χ0) is 18.4. The van der Waals surface area contributed by atoms with E-state index in [4.69, 9.17) is 11.6 Å². The van der Waals surface area contributed by atoms with E-state index in [0.717, 1.165) is 17.5 Å². The molecule has 0 saturated heterocycles. The minimum Gasteiger partial charge on any atom is -0.344 e. The molecule has 1 heterocycles. The van der Waals surface area contributed by atoms with E-state index in [1.54, 1.807) is 42.5 Å². The van der Waals surface area contributed by atoms with Crippen LogP contribution in [0.15, 0.2) is 42.7 Å². The van der Waals surface area contributed by atoms with Gasteiger partial charge in [0.2, 0.25) is 11.8 Å². The Morgan fingerprint density at radius 3 is 2.48 bits per heavy atom. The summed E-state index contributed by atoms with van der Waals surface area (Å²) in [6.45, 7) is 3.85. The maximum absolute atomic E-state index is 12.5. The Balaban J connectivity index is 2.04. The smallest absolute Gasteiger partial charge is 0.242 e. The minimum atomic E-state index is -0.193. The Morgan fingerprint density at radius 1 is 1.16 bits per heavy atom. The number of hydrogen-bond donors (Lipinski definition) is 0. The van der Waals surface area contributed by atoms with Crippen molar-refractivity contribution in [3.05, 3.63) is 58.9 Å². The van der Waals surface area contributed by atoms with Crippen molar-refractivity contribution in [2.45, 2.75) is 20.3 Å². The fourth-order valence-electron chi connectivity index (χ4n) is 2.48. The summed E-state index contributed by atoms with van der Waals surface area (Å²) in [5.74, 6) is -0.315. The lowest BCUT2D eigenvalue weighted by Gasteiger charge is -2.26. The van der Waals surface area contributed by atoms with Crippen LogP contribution in [0, 0.1) is 6.92 Å². The minimum absolute atomic E-state index is 0.0106. The molecule has 0 saturated carbocycles. The lowest BCUT2D eigenvalue weighted by atomic mass is 10.1. The number of anilines is 1. The molecule has 2 rings (SSSR count). The number of pyridine rings is 1. The van der Waals surface area contributed by atoms with Crippen LogP contribution in [-0.4, -0.2) is 41.8 Å². The summed E-state index contributed by atoms with van der Waals surface area (Å²) in [6, 6.07) is 9.19. The summed E-state index contributed by atoms with van der Waals surface area (Å²) >= 11 is 6.14. The number of carbonyl (C=O) groups is 2. The van der Waals surface area contributed by atoms with E-state index < -0.39 is 0 Å². The first kappa shape index (κ1) is 18.9. The number of aromatic nitrogens is 1. The van der Waals surface area contributed by atoms with Gasteiger partial charge in [-0.25, -0.2) is 0 Å². The van der Waals surface area contributed by atoms with Gasteiger partial charge >= 0.3 is 0 Å². The second-order valence-electron chi connectivity index (χ2n) is 5.91. The van der Waals surface area contributed by atoms with E-state index in [1.165, 1.54) is 11.8 Å². The number of carbonyl (C=O) groups excluding carboxylic acids is 2. The van der Waals surface area contributed by atoms with E-state index in [-0.39, 0.29) is 18.4 Å². The molecule has 0 spiro atoms.